The molecule has 0 radical (unpaired) electrons. The zero-order valence-electron chi connectivity index (χ0n) is 20.9. The van der Waals surface area contributed by atoms with Gasteiger partial charge in [0.25, 0.3) is 0 Å². The van der Waals surface area contributed by atoms with Crippen molar-refractivity contribution in [3.8, 4) is 17.6 Å². The number of alkyl halides is 1. The molecule has 1 fully saturated rings. The molecule has 1 saturated heterocycles. The van der Waals surface area contributed by atoms with E-state index in [1.165, 1.54) is 5.56 Å². The van der Waals surface area contributed by atoms with Crippen molar-refractivity contribution in [2.24, 2.45) is 11.8 Å². The van der Waals surface area contributed by atoms with E-state index < -0.39 is 12.1 Å². The SMILES string of the molecule is COc1ccc2nccc([C@@H](F)CC[C@@H]3CCN(CC#Cc4ccc(C)cc4)C[C@@H]3CC(=O)O)c2c1. The molecule has 2 aromatic carbocycles. The Labute approximate surface area is 212 Å². The van der Waals surface area contributed by atoms with Gasteiger partial charge in [-0.3, -0.25) is 14.7 Å². The normalized spacial score (nSPS) is 18.9. The van der Waals surface area contributed by atoms with E-state index in [0.717, 1.165) is 29.4 Å². The highest BCUT2D eigenvalue weighted by atomic mass is 19.1. The molecule has 6 heteroatoms. The molecule has 2 heterocycles. The van der Waals surface area contributed by atoms with Crippen LogP contribution in [-0.2, 0) is 4.79 Å². The number of likely N-dealkylation sites (tertiary alicyclic amines) is 1. The summed E-state index contributed by atoms with van der Waals surface area (Å²) < 4.78 is 20.8. The minimum absolute atomic E-state index is 0.0149. The van der Waals surface area contributed by atoms with E-state index in [4.69, 9.17) is 4.74 Å². The molecule has 5 nitrogen and oxygen atoms in total. The number of rotatable bonds is 8. The number of ether oxygens (including phenoxy) is 1. The Kier molecular flexibility index (Phi) is 8.56. The Morgan fingerprint density at radius 3 is 2.78 bits per heavy atom. The zero-order chi connectivity index (χ0) is 25.5. The Bertz CT molecular complexity index is 1250. The molecule has 1 aliphatic rings. The number of aromatic nitrogens is 1. The molecule has 0 amide bonds. The second-order valence-electron chi connectivity index (χ2n) is 9.64. The van der Waals surface area contributed by atoms with Crippen molar-refractivity contribution >= 4 is 16.9 Å². The van der Waals surface area contributed by atoms with Crippen molar-refractivity contribution in [2.75, 3.05) is 26.7 Å². The fourth-order valence-electron chi connectivity index (χ4n) is 5.09. The molecular weight excluding hydrogens is 455 g/mol. The fourth-order valence-corrected chi connectivity index (χ4v) is 5.09. The second-order valence-corrected chi connectivity index (χ2v) is 9.64. The van der Waals surface area contributed by atoms with Crippen LogP contribution in [0.15, 0.2) is 54.7 Å². The molecule has 36 heavy (non-hydrogen) atoms. The number of hydrogen-bond acceptors (Lipinski definition) is 4. The number of methoxy groups -OCH3 is 1. The summed E-state index contributed by atoms with van der Waals surface area (Å²) >= 11 is 0. The average molecular weight is 489 g/mol. The third-order valence-electron chi connectivity index (χ3n) is 7.11. The lowest BCUT2D eigenvalue weighted by Crippen LogP contribution is -2.41. The van der Waals surface area contributed by atoms with Crippen LogP contribution >= 0.6 is 0 Å². The number of pyridine rings is 1. The number of fused-ring (bicyclic) bond motifs is 1. The molecule has 1 N–H and O–H groups in total. The highest BCUT2D eigenvalue weighted by molar-refractivity contribution is 5.83. The van der Waals surface area contributed by atoms with Crippen LogP contribution in [0.25, 0.3) is 10.9 Å². The van der Waals surface area contributed by atoms with Gasteiger partial charge in [0.05, 0.1) is 19.2 Å². The number of nitrogens with zero attached hydrogens (tertiary/aromatic N) is 2. The summed E-state index contributed by atoms with van der Waals surface area (Å²) in [6, 6.07) is 15.3. The molecule has 4 rings (SSSR count). The Balaban J connectivity index is 1.38. The number of carbonyl (C=O) groups is 1. The van der Waals surface area contributed by atoms with E-state index >= 15 is 4.39 Å². The van der Waals surface area contributed by atoms with Crippen LogP contribution in [0.2, 0.25) is 0 Å². The number of piperidine rings is 1. The van der Waals surface area contributed by atoms with Gasteiger partial charge in [-0.05, 0) is 86.5 Å². The van der Waals surface area contributed by atoms with Crippen molar-refractivity contribution in [1.29, 1.82) is 0 Å². The van der Waals surface area contributed by atoms with E-state index in [2.05, 4.69) is 21.7 Å². The summed E-state index contributed by atoms with van der Waals surface area (Å²) in [5.74, 6) is 6.45. The third kappa shape index (κ3) is 6.61. The molecule has 3 atom stereocenters. The van der Waals surface area contributed by atoms with E-state index in [1.807, 2.05) is 49.4 Å². The first-order chi connectivity index (χ1) is 17.4. The fraction of sp³-hybridized carbons (Fsp3) is 0.400. The van der Waals surface area contributed by atoms with Crippen LogP contribution < -0.4 is 4.74 Å². The largest absolute Gasteiger partial charge is 0.497 e. The molecule has 3 aromatic rings. The smallest absolute Gasteiger partial charge is 0.303 e. The Hall–Kier alpha value is -3.43. The predicted octanol–water partition coefficient (Wildman–Crippen LogP) is 5.81. The number of aryl methyl sites for hydroxylation is 1. The van der Waals surface area contributed by atoms with Crippen molar-refractivity contribution in [1.82, 2.24) is 9.88 Å². The molecule has 1 aliphatic heterocycles. The van der Waals surface area contributed by atoms with E-state index in [-0.39, 0.29) is 18.3 Å². The molecule has 0 bridgehead atoms. The van der Waals surface area contributed by atoms with Gasteiger partial charge >= 0.3 is 5.97 Å². The van der Waals surface area contributed by atoms with Crippen LogP contribution in [0.5, 0.6) is 5.75 Å². The number of carboxylic acids is 1. The average Bonchev–Trinajstić information content (AvgIpc) is 2.88. The topological polar surface area (TPSA) is 62.7 Å². The maximum atomic E-state index is 15.5. The summed E-state index contributed by atoms with van der Waals surface area (Å²) in [6.45, 7) is 4.17. The van der Waals surface area contributed by atoms with Crippen molar-refractivity contribution in [2.45, 2.75) is 38.8 Å². The number of halogens is 1. The summed E-state index contributed by atoms with van der Waals surface area (Å²) in [4.78, 5) is 18.1. The first kappa shape index (κ1) is 25.7. The van der Waals surface area contributed by atoms with Crippen LogP contribution in [0, 0.1) is 30.6 Å². The van der Waals surface area contributed by atoms with Crippen molar-refractivity contribution < 1.29 is 19.0 Å². The lowest BCUT2D eigenvalue weighted by atomic mass is 9.79. The highest BCUT2D eigenvalue weighted by Crippen LogP contribution is 2.36. The van der Waals surface area contributed by atoms with Gasteiger partial charge in [0.1, 0.15) is 11.9 Å². The van der Waals surface area contributed by atoms with Crippen LogP contribution in [0.1, 0.15) is 48.5 Å². The van der Waals surface area contributed by atoms with Crippen molar-refractivity contribution in [3.05, 3.63) is 71.4 Å². The standard InChI is InChI=1S/C30H33FN2O3/c1-21-5-7-22(8-6-21)4-3-16-33-17-14-23(24(20-33)18-30(34)35)9-11-28(31)26-13-15-32-29-12-10-25(36-2)19-27(26)29/h5-8,10,12-13,15,19,23-24,28H,9,11,14,16-18,20H2,1-2H3,(H,34,35)/t23-,24+,28+/m1/s1. The molecule has 0 spiro atoms. The third-order valence-corrected chi connectivity index (χ3v) is 7.11. The molecule has 1 aromatic heterocycles. The second kappa shape index (κ2) is 12.0. The van der Waals surface area contributed by atoms with Crippen LogP contribution in [0.3, 0.4) is 0 Å². The van der Waals surface area contributed by atoms with Crippen LogP contribution in [0.4, 0.5) is 4.39 Å². The predicted molar refractivity (Wildman–Crippen MR) is 140 cm³/mol. The molecule has 0 unspecified atom stereocenters. The molecule has 188 valence electrons. The zero-order valence-corrected chi connectivity index (χ0v) is 20.9. The summed E-state index contributed by atoms with van der Waals surface area (Å²) in [6.07, 6.45) is 2.44. The van der Waals surface area contributed by atoms with Gasteiger partial charge in [-0.1, -0.05) is 29.5 Å². The highest BCUT2D eigenvalue weighted by Gasteiger charge is 2.31. The number of benzene rings is 2. The number of hydrogen-bond donors (Lipinski definition) is 1. The summed E-state index contributed by atoms with van der Waals surface area (Å²) in [5.41, 5.74) is 3.52. The van der Waals surface area contributed by atoms with Gasteiger partial charge < -0.3 is 9.84 Å². The van der Waals surface area contributed by atoms with Gasteiger partial charge in [-0.15, -0.1) is 0 Å². The van der Waals surface area contributed by atoms with Gasteiger partial charge in [0.15, 0.2) is 0 Å². The first-order valence-electron chi connectivity index (χ1n) is 12.5. The molecular formula is C30H33FN2O3. The summed E-state index contributed by atoms with van der Waals surface area (Å²) in [5, 5.41) is 10.3. The van der Waals surface area contributed by atoms with Crippen LogP contribution in [-0.4, -0.2) is 47.7 Å². The first-order valence-corrected chi connectivity index (χ1v) is 12.5. The lowest BCUT2D eigenvalue weighted by Gasteiger charge is -2.37. The van der Waals surface area contributed by atoms with Gasteiger partial charge in [-0.2, -0.15) is 0 Å². The monoisotopic (exact) mass is 488 g/mol. The van der Waals surface area contributed by atoms with E-state index in [9.17, 15) is 9.90 Å². The van der Waals surface area contributed by atoms with Crippen molar-refractivity contribution in [3.63, 3.8) is 0 Å². The van der Waals surface area contributed by atoms with Gasteiger partial charge in [0, 0.05) is 30.1 Å². The minimum atomic E-state index is -1.15. The number of carboxylic acid groups (broad SMARTS) is 1. The maximum absolute atomic E-state index is 15.5. The molecule has 0 aliphatic carbocycles. The number of aliphatic carboxylic acids is 1. The minimum Gasteiger partial charge on any atom is -0.497 e. The Morgan fingerprint density at radius 2 is 2.03 bits per heavy atom. The quantitative estimate of drug-likeness (QED) is 0.406. The molecule has 0 saturated carbocycles. The van der Waals surface area contributed by atoms with E-state index in [1.54, 1.807) is 19.4 Å². The lowest BCUT2D eigenvalue weighted by molar-refractivity contribution is -0.139. The Morgan fingerprint density at radius 1 is 1.22 bits per heavy atom. The summed E-state index contributed by atoms with van der Waals surface area (Å²) in [7, 11) is 1.59. The van der Waals surface area contributed by atoms with Gasteiger partial charge in [-0.25, -0.2) is 4.39 Å². The van der Waals surface area contributed by atoms with Gasteiger partial charge in [0.2, 0.25) is 0 Å². The maximum Gasteiger partial charge on any atom is 0.303 e. The van der Waals surface area contributed by atoms with E-state index in [0.29, 0.717) is 37.2 Å².